The lowest BCUT2D eigenvalue weighted by Crippen LogP contribution is -2.40. The highest BCUT2D eigenvalue weighted by Crippen LogP contribution is 2.26. The average Bonchev–Trinajstić information content (AvgIpc) is 2.56. The third-order valence-corrected chi connectivity index (χ3v) is 5.48. The Hall–Kier alpha value is -1.76. The highest BCUT2D eigenvalue weighted by Gasteiger charge is 2.21. The van der Waals surface area contributed by atoms with Gasteiger partial charge in [0.1, 0.15) is 6.54 Å². The maximum Gasteiger partial charge on any atom is 0.240 e. The van der Waals surface area contributed by atoms with Crippen LogP contribution in [-0.4, -0.2) is 33.7 Å². The van der Waals surface area contributed by atoms with Gasteiger partial charge < -0.3 is 5.32 Å². The van der Waals surface area contributed by atoms with Crippen molar-refractivity contribution in [2.45, 2.75) is 19.8 Å². The molecular weight excluding hydrogens is 407 g/mol. The monoisotopic (exact) mass is 428 g/mol. The van der Waals surface area contributed by atoms with Crippen molar-refractivity contribution < 1.29 is 13.2 Å². The van der Waals surface area contributed by atoms with E-state index in [-0.39, 0.29) is 18.1 Å². The van der Waals surface area contributed by atoms with Gasteiger partial charge in [0.15, 0.2) is 0 Å². The fourth-order valence-electron chi connectivity index (χ4n) is 2.54. The van der Waals surface area contributed by atoms with Gasteiger partial charge >= 0.3 is 0 Å². The fraction of sp³-hybridized carbons (Fsp3) is 0.316. The van der Waals surface area contributed by atoms with Crippen molar-refractivity contribution in [1.82, 2.24) is 5.32 Å². The summed E-state index contributed by atoms with van der Waals surface area (Å²) in [7, 11) is -3.67. The highest BCUT2D eigenvalue weighted by atomic mass is 35.5. The summed E-state index contributed by atoms with van der Waals surface area (Å²) in [6.07, 6.45) is 2.63. The van der Waals surface area contributed by atoms with Crippen LogP contribution in [0.25, 0.3) is 0 Å². The van der Waals surface area contributed by atoms with Crippen LogP contribution in [0.1, 0.15) is 17.5 Å². The van der Waals surface area contributed by atoms with Crippen molar-refractivity contribution in [3.63, 3.8) is 0 Å². The van der Waals surface area contributed by atoms with Gasteiger partial charge in [-0.2, -0.15) is 0 Å². The predicted molar refractivity (Wildman–Crippen MR) is 111 cm³/mol. The first-order chi connectivity index (χ1) is 12.6. The Morgan fingerprint density at radius 1 is 1.07 bits per heavy atom. The molecule has 0 radical (unpaired) electrons. The van der Waals surface area contributed by atoms with Gasteiger partial charge in [-0.3, -0.25) is 9.10 Å². The number of sulfonamides is 1. The van der Waals surface area contributed by atoms with E-state index >= 15 is 0 Å². The first-order valence-corrected chi connectivity index (χ1v) is 11.0. The maximum absolute atomic E-state index is 12.2. The number of nitrogens with zero attached hydrogens (tertiary/aromatic N) is 1. The second-order valence-corrected chi connectivity index (χ2v) is 9.12. The largest absolute Gasteiger partial charge is 0.355 e. The zero-order chi connectivity index (χ0) is 20.0. The third-order valence-electron chi connectivity index (χ3n) is 3.91. The maximum atomic E-state index is 12.2. The van der Waals surface area contributed by atoms with E-state index < -0.39 is 10.0 Å². The van der Waals surface area contributed by atoms with E-state index in [1.54, 1.807) is 0 Å². The quantitative estimate of drug-likeness (QED) is 0.649. The second-order valence-electron chi connectivity index (χ2n) is 6.34. The van der Waals surface area contributed by atoms with Crippen molar-refractivity contribution in [2.75, 3.05) is 23.7 Å². The summed E-state index contributed by atoms with van der Waals surface area (Å²) in [6, 6.07) is 12.6. The lowest BCUT2D eigenvalue weighted by Gasteiger charge is -2.22. The molecule has 0 unspecified atom stereocenters. The van der Waals surface area contributed by atoms with Crippen LogP contribution in [0, 0.1) is 6.92 Å². The van der Waals surface area contributed by atoms with Crippen LogP contribution in [0.3, 0.4) is 0 Å². The Balaban J connectivity index is 1.93. The predicted octanol–water partition coefficient (Wildman–Crippen LogP) is 3.82. The molecular formula is C19H22Cl2N2O3S. The Morgan fingerprint density at radius 2 is 1.67 bits per heavy atom. The molecule has 27 heavy (non-hydrogen) atoms. The lowest BCUT2D eigenvalue weighted by atomic mass is 10.1. The molecule has 0 aliphatic rings. The van der Waals surface area contributed by atoms with E-state index in [2.05, 4.69) is 17.4 Å². The van der Waals surface area contributed by atoms with Crippen LogP contribution >= 0.6 is 23.2 Å². The zero-order valence-electron chi connectivity index (χ0n) is 15.2. The summed E-state index contributed by atoms with van der Waals surface area (Å²) in [5.41, 5.74) is 2.65. The number of hydrogen-bond donors (Lipinski definition) is 1. The van der Waals surface area contributed by atoms with Crippen molar-refractivity contribution in [3.05, 3.63) is 63.6 Å². The van der Waals surface area contributed by atoms with Crippen LogP contribution in [-0.2, 0) is 21.2 Å². The SMILES string of the molecule is Cc1ccc(CCCNC(=O)CN(c2cc(Cl)cc(Cl)c2)S(C)(=O)=O)cc1. The van der Waals surface area contributed by atoms with E-state index in [1.807, 2.05) is 19.1 Å². The van der Waals surface area contributed by atoms with Crippen molar-refractivity contribution in [3.8, 4) is 0 Å². The van der Waals surface area contributed by atoms with Gasteiger partial charge in [-0.05, 0) is 43.5 Å². The van der Waals surface area contributed by atoms with Gasteiger partial charge in [0.2, 0.25) is 15.9 Å². The van der Waals surface area contributed by atoms with E-state index in [1.165, 1.54) is 29.3 Å². The molecule has 2 aromatic rings. The fourth-order valence-corrected chi connectivity index (χ4v) is 3.90. The minimum absolute atomic E-state index is 0.254. The van der Waals surface area contributed by atoms with Crippen LogP contribution in [0.4, 0.5) is 5.69 Å². The smallest absolute Gasteiger partial charge is 0.240 e. The highest BCUT2D eigenvalue weighted by molar-refractivity contribution is 7.92. The van der Waals surface area contributed by atoms with Gasteiger partial charge in [0, 0.05) is 16.6 Å². The van der Waals surface area contributed by atoms with E-state index in [0.717, 1.165) is 23.4 Å². The Labute approximate surface area is 170 Å². The van der Waals surface area contributed by atoms with Crippen LogP contribution in [0.5, 0.6) is 0 Å². The summed E-state index contributed by atoms with van der Waals surface area (Å²) in [5.74, 6) is -0.388. The molecule has 1 N–H and O–H groups in total. The molecule has 0 saturated heterocycles. The summed E-state index contributed by atoms with van der Waals surface area (Å²) in [5, 5.41) is 3.35. The molecule has 0 saturated carbocycles. The number of rotatable bonds is 8. The Bertz CT molecular complexity index is 879. The first kappa shape index (κ1) is 21.5. The normalized spacial score (nSPS) is 11.3. The Kier molecular flexibility index (Phi) is 7.53. The molecule has 0 spiro atoms. The van der Waals surface area contributed by atoms with Crippen LogP contribution < -0.4 is 9.62 Å². The number of benzene rings is 2. The molecule has 8 heteroatoms. The number of carbonyl (C=O) groups excluding carboxylic acids is 1. The molecule has 0 fully saturated rings. The number of aryl methyl sites for hydroxylation is 2. The van der Waals surface area contributed by atoms with Gasteiger partial charge in [0.05, 0.1) is 11.9 Å². The number of amides is 1. The van der Waals surface area contributed by atoms with Gasteiger partial charge in [-0.15, -0.1) is 0 Å². The molecule has 5 nitrogen and oxygen atoms in total. The zero-order valence-corrected chi connectivity index (χ0v) is 17.5. The number of halogens is 2. The van der Waals surface area contributed by atoms with Crippen LogP contribution in [0.2, 0.25) is 10.0 Å². The summed E-state index contributed by atoms with van der Waals surface area (Å²) >= 11 is 11.9. The molecule has 0 aromatic heterocycles. The summed E-state index contributed by atoms with van der Waals surface area (Å²) in [4.78, 5) is 12.2. The van der Waals surface area contributed by atoms with E-state index in [4.69, 9.17) is 23.2 Å². The first-order valence-electron chi connectivity index (χ1n) is 8.41. The molecule has 0 bridgehead atoms. The number of hydrogen-bond acceptors (Lipinski definition) is 3. The average molecular weight is 429 g/mol. The lowest BCUT2D eigenvalue weighted by molar-refractivity contribution is -0.119. The minimum atomic E-state index is -3.67. The topological polar surface area (TPSA) is 66.5 Å². The standard InChI is InChI=1S/C19H22Cl2N2O3S/c1-14-5-7-15(8-6-14)4-3-9-22-19(24)13-23(27(2,25)26)18-11-16(20)10-17(21)12-18/h5-8,10-12H,3-4,9,13H2,1-2H3,(H,22,24). The molecule has 146 valence electrons. The van der Waals surface area contributed by atoms with Gasteiger partial charge in [-0.1, -0.05) is 53.0 Å². The van der Waals surface area contributed by atoms with Crippen molar-refractivity contribution in [2.24, 2.45) is 0 Å². The van der Waals surface area contributed by atoms with Crippen LogP contribution in [0.15, 0.2) is 42.5 Å². The van der Waals surface area contributed by atoms with E-state index in [9.17, 15) is 13.2 Å². The second kappa shape index (κ2) is 9.44. The van der Waals surface area contributed by atoms with E-state index in [0.29, 0.717) is 16.6 Å². The molecule has 2 aromatic carbocycles. The molecule has 0 aliphatic carbocycles. The van der Waals surface area contributed by atoms with Crippen molar-refractivity contribution in [1.29, 1.82) is 0 Å². The molecule has 0 atom stereocenters. The molecule has 1 amide bonds. The minimum Gasteiger partial charge on any atom is -0.355 e. The number of carbonyl (C=O) groups is 1. The summed E-state index contributed by atoms with van der Waals surface area (Å²) < 4.78 is 25.2. The summed E-state index contributed by atoms with van der Waals surface area (Å²) in [6.45, 7) is 2.16. The molecule has 0 heterocycles. The van der Waals surface area contributed by atoms with Gasteiger partial charge in [-0.25, -0.2) is 8.42 Å². The molecule has 0 aliphatic heterocycles. The van der Waals surface area contributed by atoms with Crippen molar-refractivity contribution >= 4 is 44.8 Å². The third kappa shape index (κ3) is 7.05. The van der Waals surface area contributed by atoms with Gasteiger partial charge in [0.25, 0.3) is 0 Å². The molecule has 2 rings (SSSR count). The number of anilines is 1. The number of nitrogens with one attached hydrogen (secondary N) is 1. The Morgan fingerprint density at radius 3 is 2.22 bits per heavy atom.